The number of Topliss-reactive ketones (excluding diaryl/α,β-unsaturated/α-hetero) is 1. The molecule has 0 saturated heterocycles. The highest BCUT2D eigenvalue weighted by atomic mass is 79.9. The fraction of sp³-hybridized carbons (Fsp3) is 0.222. The molecule has 14 heavy (non-hydrogen) atoms. The number of carbonyl (C=O) groups is 1. The fourth-order valence-electron chi connectivity index (χ4n) is 1.02. The SMILES string of the molecule is COc1cccc(F)c1C(=O)C(Br)Br. The molecule has 0 heterocycles. The summed E-state index contributed by atoms with van der Waals surface area (Å²) in [7, 11) is 1.39. The Hall–Kier alpha value is -0.420. The summed E-state index contributed by atoms with van der Waals surface area (Å²) >= 11 is 6.04. The summed E-state index contributed by atoms with van der Waals surface area (Å²) in [5, 5.41) is 0. The Labute approximate surface area is 97.7 Å². The van der Waals surface area contributed by atoms with Gasteiger partial charge < -0.3 is 4.74 Å². The maximum absolute atomic E-state index is 13.3. The van der Waals surface area contributed by atoms with Gasteiger partial charge in [0.1, 0.15) is 15.3 Å². The number of alkyl halides is 2. The van der Waals surface area contributed by atoms with E-state index in [1.165, 1.54) is 19.2 Å². The van der Waals surface area contributed by atoms with E-state index in [0.717, 1.165) is 0 Å². The van der Waals surface area contributed by atoms with E-state index in [1.54, 1.807) is 6.07 Å². The van der Waals surface area contributed by atoms with Crippen molar-refractivity contribution in [3.8, 4) is 5.75 Å². The molecule has 0 unspecified atom stereocenters. The molecule has 0 radical (unpaired) electrons. The van der Waals surface area contributed by atoms with Crippen LogP contribution in [0.15, 0.2) is 18.2 Å². The first kappa shape index (κ1) is 11.7. The van der Waals surface area contributed by atoms with Gasteiger partial charge in [-0.3, -0.25) is 4.79 Å². The summed E-state index contributed by atoms with van der Waals surface area (Å²) in [4.78, 5) is 11.5. The molecule has 0 fully saturated rings. The van der Waals surface area contributed by atoms with Gasteiger partial charge in [-0.1, -0.05) is 37.9 Å². The fourth-order valence-corrected chi connectivity index (χ4v) is 1.48. The smallest absolute Gasteiger partial charge is 0.193 e. The van der Waals surface area contributed by atoms with Crippen LogP contribution in [0.1, 0.15) is 10.4 Å². The van der Waals surface area contributed by atoms with E-state index in [-0.39, 0.29) is 11.3 Å². The van der Waals surface area contributed by atoms with Crippen LogP contribution < -0.4 is 4.74 Å². The number of benzene rings is 1. The molecule has 1 rings (SSSR count). The van der Waals surface area contributed by atoms with Crippen molar-refractivity contribution in [2.24, 2.45) is 0 Å². The van der Waals surface area contributed by atoms with Crippen molar-refractivity contribution in [2.45, 2.75) is 3.74 Å². The summed E-state index contributed by atoms with van der Waals surface area (Å²) in [5.74, 6) is -0.753. The summed E-state index contributed by atoms with van der Waals surface area (Å²) in [5.41, 5.74) is -0.0475. The van der Waals surface area contributed by atoms with Gasteiger partial charge in [-0.15, -0.1) is 0 Å². The number of halogens is 3. The predicted octanol–water partition coefficient (Wildman–Crippen LogP) is 3.13. The average molecular weight is 326 g/mol. The van der Waals surface area contributed by atoms with Crippen molar-refractivity contribution in [3.63, 3.8) is 0 Å². The Kier molecular flexibility index (Phi) is 4.07. The van der Waals surface area contributed by atoms with Crippen LogP contribution in [0.3, 0.4) is 0 Å². The zero-order chi connectivity index (χ0) is 10.7. The molecule has 1 aromatic carbocycles. The largest absolute Gasteiger partial charge is 0.496 e. The molecule has 0 N–H and O–H groups in total. The van der Waals surface area contributed by atoms with Gasteiger partial charge in [-0.25, -0.2) is 4.39 Å². The van der Waals surface area contributed by atoms with E-state index in [1.807, 2.05) is 0 Å². The number of carbonyl (C=O) groups excluding carboxylic acids is 1. The minimum absolute atomic E-state index is 0.0475. The average Bonchev–Trinajstić information content (AvgIpc) is 2.16. The second-order valence-corrected chi connectivity index (χ2v) is 5.54. The Bertz CT molecular complexity index is 353. The van der Waals surface area contributed by atoms with E-state index in [4.69, 9.17) is 4.74 Å². The Morgan fingerprint density at radius 2 is 2.14 bits per heavy atom. The molecule has 5 heteroatoms. The molecular formula is C9H7Br2FO2. The summed E-state index contributed by atoms with van der Waals surface area (Å²) in [6, 6.07) is 4.25. The zero-order valence-corrected chi connectivity index (χ0v) is 10.4. The van der Waals surface area contributed by atoms with Gasteiger partial charge in [0.2, 0.25) is 0 Å². The predicted molar refractivity (Wildman–Crippen MR) is 58.9 cm³/mol. The highest BCUT2D eigenvalue weighted by Gasteiger charge is 2.21. The third-order valence-electron chi connectivity index (χ3n) is 1.64. The quantitative estimate of drug-likeness (QED) is 0.630. The molecule has 1 aromatic rings. The van der Waals surface area contributed by atoms with E-state index in [9.17, 15) is 9.18 Å². The van der Waals surface area contributed by atoms with Crippen molar-refractivity contribution in [1.29, 1.82) is 0 Å². The van der Waals surface area contributed by atoms with Crippen LogP contribution in [0.25, 0.3) is 0 Å². The van der Waals surface area contributed by atoms with Gasteiger partial charge in [-0.2, -0.15) is 0 Å². The lowest BCUT2D eigenvalue weighted by Crippen LogP contribution is -2.11. The monoisotopic (exact) mass is 324 g/mol. The molecule has 0 aliphatic carbocycles. The maximum Gasteiger partial charge on any atom is 0.193 e. The molecule has 0 atom stereocenters. The molecule has 0 aromatic heterocycles. The second-order valence-electron chi connectivity index (χ2n) is 2.48. The van der Waals surface area contributed by atoms with Gasteiger partial charge >= 0.3 is 0 Å². The van der Waals surface area contributed by atoms with Crippen LogP contribution in [0, 0.1) is 5.82 Å². The highest BCUT2D eigenvalue weighted by Crippen LogP contribution is 2.26. The van der Waals surface area contributed by atoms with Gasteiger partial charge in [0, 0.05) is 0 Å². The number of ether oxygens (including phenoxy) is 1. The third kappa shape index (κ3) is 2.33. The zero-order valence-electron chi connectivity index (χ0n) is 7.26. The van der Waals surface area contributed by atoms with Crippen molar-refractivity contribution < 1.29 is 13.9 Å². The molecule has 0 spiro atoms. The number of hydrogen-bond acceptors (Lipinski definition) is 2. The number of hydrogen-bond donors (Lipinski definition) is 0. The van der Waals surface area contributed by atoms with Crippen molar-refractivity contribution in [3.05, 3.63) is 29.6 Å². The van der Waals surface area contributed by atoms with Crippen LogP contribution in [-0.4, -0.2) is 16.6 Å². The van der Waals surface area contributed by atoms with Crippen LogP contribution in [-0.2, 0) is 0 Å². The van der Waals surface area contributed by atoms with Crippen molar-refractivity contribution in [2.75, 3.05) is 7.11 Å². The number of rotatable bonds is 3. The first-order valence-electron chi connectivity index (χ1n) is 3.72. The molecule has 0 amide bonds. The van der Waals surface area contributed by atoms with E-state index in [2.05, 4.69) is 31.9 Å². The summed E-state index contributed by atoms with van der Waals surface area (Å²) < 4.78 is 17.6. The minimum Gasteiger partial charge on any atom is -0.496 e. The number of ketones is 1. The Morgan fingerprint density at radius 1 is 1.50 bits per heavy atom. The lowest BCUT2D eigenvalue weighted by molar-refractivity contribution is 0.101. The van der Waals surface area contributed by atoms with Crippen molar-refractivity contribution in [1.82, 2.24) is 0 Å². The van der Waals surface area contributed by atoms with Crippen LogP contribution in [0.5, 0.6) is 5.75 Å². The summed E-state index contributed by atoms with van der Waals surface area (Å²) in [6.07, 6.45) is 0. The third-order valence-corrected chi connectivity index (χ3v) is 2.47. The molecule has 76 valence electrons. The van der Waals surface area contributed by atoms with Crippen LogP contribution in [0.2, 0.25) is 0 Å². The molecular weight excluding hydrogens is 319 g/mol. The standard InChI is InChI=1S/C9H7Br2FO2/c1-14-6-4-2-3-5(12)7(6)8(13)9(10)11/h2-4,9H,1H3. The molecule has 2 nitrogen and oxygen atoms in total. The first-order chi connectivity index (χ1) is 6.57. The lowest BCUT2D eigenvalue weighted by Gasteiger charge is -2.08. The topological polar surface area (TPSA) is 26.3 Å². The first-order valence-corrected chi connectivity index (χ1v) is 5.56. The summed E-state index contributed by atoms with van der Waals surface area (Å²) in [6.45, 7) is 0. The van der Waals surface area contributed by atoms with Crippen LogP contribution in [0.4, 0.5) is 4.39 Å². The van der Waals surface area contributed by atoms with E-state index >= 15 is 0 Å². The minimum atomic E-state index is -0.610. The maximum atomic E-state index is 13.3. The van der Waals surface area contributed by atoms with Gasteiger partial charge in [-0.05, 0) is 12.1 Å². The van der Waals surface area contributed by atoms with E-state index in [0.29, 0.717) is 0 Å². The van der Waals surface area contributed by atoms with Gasteiger partial charge in [0.15, 0.2) is 5.78 Å². The molecule has 0 saturated carbocycles. The van der Waals surface area contributed by atoms with Crippen molar-refractivity contribution >= 4 is 37.6 Å². The van der Waals surface area contributed by atoms with Gasteiger partial charge in [0.05, 0.1) is 12.7 Å². The highest BCUT2D eigenvalue weighted by molar-refractivity contribution is 9.25. The Morgan fingerprint density at radius 3 is 2.64 bits per heavy atom. The molecule has 0 aliphatic heterocycles. The molecule has 0 bridgehead atoms. The Balaban J connectivity index is 3.23. The normalized spacial score (nSPS) is 10.4. The van der Waals surface area contributed by atoms with E-state index < -0.39 is 15.3 Å². The van der Waals surface area contributed by atoms with Crippen LogP contribution >= 0.6 is 31.9 Å². The molecule has 0 aliphatic rings. The number of methoxy groups -OCH3 is 1. The second kappa shape index (κ2) is 4.89. The lowest BCUT2D eigenvalue weighted by atomic mass is 10.1. The van der Waals surface area contributed by atoms with Gasteiger partial charge in [0.25, 0.3) is 0 Å².